The molecule has 0 amide bonds. The van der Waals surface area contributed by atoms with Gasteiger partial charge in [0.1, 0.15) is 0 Å². The molecule has 7 heavy (non-hydrogen) atoms. The second-order valence-electron chi connectivity index (χ2n) is 0.979. The average molecular weight is 214 g/mol. The zero-order valence-corrected chi connectivity index (χ0v) is 5.92. The Morgan fingerprint density at radius 3 is 2.43 bits per heavy atom. The monoisotopic (exact) mass is 214 g/mol. The Balaban J connectivity index is 0.000000360. The molecule has 0 radical (unpaired) electrons. The van der Waals surface area contributed by atoms with E-state index in [1.165, 1.54) is 5.12 Å². The summed E-state index contributed by atoms with van der Waals surface area (Å²) in [6.07, 6.45) is 3.36. The smallest absolute Gasteiger partial charge is 0.0528 e. The van der Waals surface area contributed by atoms with Crippen LogP contribution in [0.2, 0.25) is 0 Å². The molecule has 1 aliphatic rings. The number of nitrogens with two attached hydrogens (primary N) is 1. The molecule has 5 heteroatoms. The highest BCUT2D eigenvalue weighted by Gasteiger charge is 1.89. The summed E-state index contributed by atoms with van der Waals surface area (Å²) in [5, 5.41) is 1.32. The van der Waals surface area contributed by atoms with E-state index in [-0.39, 0.29) is 24.0 Å². The van der Waals surface area contributed by atoms with Crippen molar-refractivity contribution >= 4 is 24.0 Å². The summed E-state index contributed by atoms with van der Waals surface area (Å²) in [5.41, 5.74) is 5.21. The topological polar surface area (TPSA) is 53.3 Å². The highest BCUT2D eigenvalue weighted by Crippen LogP contribution is 1.73. The molecule has 0 spiro atoms. The van der Waals surface area contributed by atoms with Gasteiger partial charge >= 0.3 is 0 Å². The van der Waals surface area contributed by atoms with Crippen LogP contribution in [0.1, 0.15) is 0 Å². The number of nitrogens with one attached hydrogen (secondary N) is 2. The number of hydrogen-bond acceptors (Lipinski definition) is 4. The first-order valence-corrected chi connectivity index (χ1v) is 1.61. The Kier molecular flexibility index (Phi) is 3.05. The maximum atomic E-state index is 5.11. The molecule has 42 valence electrons. The van der Waals surface area contributed by atoms with Gasteiger partial charge in [0.05, 0.1) is 6.20 Å². The third kappa shape index (κ3) is 1.95. The third-order valence-corrected chi connectivity index (χ3v) is 0.512. The minimum absolute atomic E-state index is 0. The molecular weight excluding hydrogens is 207 g/mol. The molecule has 0 atom stereocenters. The Morgan fingerprint density at radius 2 is 2.29 bits per heavy atom. The summed E-state index contributed by atoms with van der Waals surface area (Å²) in [6.45, 7) is 0. The van der Waals surface area contributed by atoms with Gasteiger partial charge in [-0.15, -0.1) is 29.5 Å². The summed E-state index contributed by atoms with van der Waals surface area (Å²) < 4.78 is 0. The minimum atomic E-state index is 0. The Bertz CT molecular complexity index is 72.1. The quantitative estimate of drug-likeness (QED) is 0.367. The van der Waals surface area contributed by atoms with Crippen molar-refractivity contribution < 1.29 is 0 Å². The molecule has 0 saturated carbocycles. The summed E-state index contributed by atoms with van der Waals surface area (Å²) in [5.74, 6) is 5.11. The second-order valence-corrected chi connectivity index (χ2v) is 0.979. The number of hydrazine groups is 3. The van der Waals surface area contributed by atoms with E-state index in [1.807, 2.05) is 0 Å². The lowest BCUT2D eigenvalue weighted by Crippen LogP contribution is -2.40. The fraction of sp³-hybridized carbons (Fsp3) is 0. The van der Waals surface area contributed by atoms with E-state index in [9.17, 15) is 0 Å². The summed E-state index contributed by atoms with van der Waals surface area (Å²) in [7, 11) is 0. The van der Waals surface area contributed by atoms with Gasteiger partial charge in [-0.1, -0.05) is 0 Å². The normalized spacial score (nSPS) is 15.9. The van der Waals surface area contributed by atoms with Crippen molar-refractivity contribution in [3.63, 3.8) is 0 Å². The van der Waals surface area contributed by atoms with Gasteiger partial charge in [-0.3, -0.25) is 0 Å². The zero-order chi connectivity index (χ0) is 4.41. The highest BCUT2D eigenvalue weighted by molar-refractivity contribution is 14.0. The third-order valence-electron chi connectivity index (χ3n) is 0.512. The molecular formula is C2H7IN4. The van der Waals surface area contributed by atoms with Crippen LogP contribution >= 0.6 is 24.0 Å². The molecule has 1 rings (SSSR count). The molecule has 1 heterocycles. The second kappa shape index (κ2) is 3.05. The Labute approximate surface area is 58.7 Å². The standard InChI is InChI=1S/C2H6N4.HI/c3-6-2-1-4-5-6;/h1-2,4-5H,3H2;1H. The van der Waals surface area contributed by atoms with Crippen LogP contribution in [0.25, 0.3) is 0 Å². The molecule has 4 nitrogen and oxygen atoms in total. The summed E-state index contributed by atoms with van der Waals surface area (Å²) in [4.78, 5) is 0. The van der Waals surface area contributed by atoms with Crippen LogP contribution in [0.3, 0.4) is 0 Å². The average Bonchev–Trinajstić information content (AvgIpc) is 1.86. The molecule has 0 aromatic rings. The Hall–Kier alpha value is -0.0100. The van der Waals surface area contributed by atoms with E-state index in [0.717, 1.165) is 0 Å². The van der Waals surface area contributed by atoms with Crippen molar-refractivity contribution in [2.75, 3.05) is 0 Å². The van der Waals surface area contributed by atoms with E-state index >= 15 is 0 Å². The van der Waals surface area contributed by atoms with Gasteiger partial charge in [0.15, 0.2) is 0 Å². The van der Waals surface area contributed by atoms with Gasteiger partial charge in [0.25, 0.3) is 0 Å². The maximum absolute atomic E-state index is 5.11. The van der Waals surface area contributed by atoms with Crippen molar-refractivity contribution in [2.45, 2.75) is 0 Å². The maximum Gasteiger partial charge on any atom is 0.0528 e. The van der Waals surface area contributed by atoms with Crippen LogP contribution in [0.15, 0.2) is 12.4 Å². The lowest BCUT2D eigenvalue weighted by Gasteiger charge is -2.03. The van der Waals surface area contributed by atoms with Crippen molar-refractivity contribution in [2.24, 2.45) is 5.84 Å². The van der Waals surface area contributed by atoms with Crippen LogP contribution in [-0.4, -0.2) is 5.12 Å². The molecule has 0 bridgehead atoms. The first-order valence-electron chi connectivity index (χ1n) is 1.61. The van der Waals surface area contributed by atoms with Crippen LogP contribution in [0.4, 0.5) is 0 Å². The summed E-state index contributed by atoms with van der Waals surface area (Å²) in [6, 6.07) is 0. The molecule has 1 aliphatic heterocycles. The van der Waals surface area contributed by atoms with Gasteiger partial charge in [-0.25, -0.2) is 11.0 Å². The van der Waals surface area contributed by atoms with Crippen molar-refractivity contribution in [1.29, 1.82) is 0 Å². The molecule has 0 aromatic heterocycles. The predicted molar refractivity (Wildman–Crippen MR) is 36.9 cm³/mol. The fourth-order valence-corrected chi connectivity index (χ4v) is 0.267. The summed E-state index contributed by atoms with van der Waals surface area (Å²) >= 11 is 0. The lowest BCUT2D eigenvalue weighted by atomic mass is 11.0. The molecule has 0 aromatic carbocycles. The van der Waals surface area contributed by atoms with Gasteiger partial charge in [-0.05, 0) is 0 Å². The predicted octanol–water partition coefficient (Wildman–Crippen LogP) is -0.726. The first-order chi connectivity index (χ1) is 2.89. The van der Waals surface area contributed by atoms with Gasteiger partial charge in [-0.2, -0.15) is 0 Å². The van der Waals surface area contributed by atoms with E-state index in [0.29, 0.717) is 0 Å². The first kappa shape index (κ1) is 6.99. The number of rotatable bonds is 0. The molecule has 0 saturated heterocycles. The van der Waals surface area contributed by atoms with Crippen LogP contribution in [0.5, 0.6) is 0 Å². The van der Waals surface area contributed by atoms with Crippen LogP contribution in [0, 0.1) is 0 Å². The van der Waals surface area contributed by atoms with Gasteiger partial charge in [0.2, 0.25) is 0 Å². The van der Waals surface area contributed by atoms with Gasteiger partial charge < -0.3 is 5.43 Å². The number of nitrogens with zero attached hydrogens (tertiary/aromatic N) is 1. The molecule has 0 aliphatic carbocycles. The Morgan fingerprint density at radius 1 is 1.57 bits per heavy atom. The van der Waals surface area contributed by atoms with Crippen molar-refractivity contribution in [1.82, 2.24) is 16.1 Å². The highest BCUT2D eigenvalue weighted by atomic mass is 127. The minimum Gasteiger partial charge on any atom is -0.308 e. The van der Waals surface area contributed by atoms with Crippen LogP contribution in [-0.2, 0) is 0 Å². The lowest BCUT2D eigenvalue weighted by molar-refractivity contribution is 0.281. The van der Waals surface area contributed by atoms with Crippen LogP contribution < -0.4 is 16.8 Å². The number of hydrogen-bond donors (Lipinski definition) is 3. The molecule has 0 fully saturated rings. The van der Waals surface area contributed by atoms with E-state index in [1.54, 1.807) is 12.4 Å². The van der Waals surface area contributed by atoms with E-state index in [4.69, 9.17) is 5.84 Å². The number of halogens is 1. The molecule has 0 unspecified atom stereocenters. The SMILES string of the molecule is I.NN1C=CNN1. The van der Waals surface area contributed by atoms with E-state index < -0.39 is 0 Å². The zero-order valence-electron chi connectivity index (χ0n) is 3.59. The van der Waals surface area contributed by atoms with E-state index in [2.05, 4.69) is 11.0 Å². The van der Waals surface area contributed by atoms with Crippen molar-refractivity contribution in [3.05, 3.63) is 12.4 Å². The van der Waals surface area contributed by atoms with Crippen molar-refractivity contribution in [3.8, 4) is 0 Å². The fourth-order valence-electron chi connectivity index (χ4n) is 0.267. The van der Waals surface area contributed by atoms with Gasteiger partial charge in [0, 0.05) is 6.20 Å². The largest absolute Gasteiger partial charge is 0.308 e. The molecule has 4 N–H and O–H groups in total.